The Kier molecular flexibility index (Phi) is 4.01. The molecule has 0 unspecified atom stereocenters. The van der Waals surface area contributed by atoms with Gasteiger partial charge in [0, 0.05) is 17.6 Å². The van der Waals surface area contributed by atoms with Gasteiger partial charge in [-0.05, 0) is 31.2 Å². The average molecular weight is 246 g/mol. The monoisotopic (exact) mass is 246 g/mol. The molecule has 1 N–H and O–H groups in total. The molecule has 4 heteroatoms. The summed E-state index contributed by atoms with van der Waals surface area (Å²) in [5, 5.41) is 3.10. The lowest BCUT2D eigenvalue weighted by atomic mass is 10.3. The number of hydrogen-bond acceptors (Lipinski definition) is 4. The lowest BCUT2D eigenvalue weighted by Gasteiger charge is -2.02. The molecule has 0 bridgehead atoms. The van der Waals surface area contributed by atoms with Crippen LogP contribution in [0.5, 0.6) is 0 Å². The number of carbonyl (C=O) groups excluding carboxylic acids is 1. The predicted molar refractivity (Wildman–Crippen MR) is 69.3 cm³/mol. The number of ketones is 1. The SMILES string of the molecule is Cc1ccc(C(=O)CNCc2ccccn2)s1. The van der Waals surface area contributed by atoms with E-state index in [9.17, 15) is 4.79 Å². The fraction of sp³-hybridized carbons (Fsp3) is 0.231. The zero-order valence-electron chi connectivity index (χ0n) is 9.64. The third kappa shape index (κ3) is 3.47. The van der Waals surface area contributed by atoms with Crippen molar-refractivity contribution < 1.29 is 4.79 Å². The van der Waals surface area contributed by atoms with Crippen LogP contribution in [0.2, 0.25) is 0 Å². The quantitative estimate of drug-likeness (QED) is 0.824. The number of hydrogen-bond donors (Lipinski definition) is 1. The summed E-state index contributed by atoms with van der Waals surface area (Å²) in [7, 11) is 0. The van der Waals surface area contributed by atoms with Gasteiger partial charge in [-0.3, -0.25) is 9.78 Å². The summed E-state index contributed by atoms with van der Waals surface area (Å²) in [4.78, 5) is 17.9. The van der Waals surface area contributed by atoms with Gasteiger partial charge < -0.3 is 5.32 Å². The molecule has 0 aliphatic heterocycles. The van der Waals surface area contributed by atoms with Crippen molar-refractivity contribution in [3.8, 4) is 0 Å². The number of aryl methyl sites for hydroxylation is 1. The maximum absolute atomic E-state index is 11.8. The molecule has 2 rings (SSSR count). The fourth-order valence-electron chi connectivity index (χ4n) is 1.48. The normalized spacial score (nSPS) is 10.4. The summed E-state index contributed by atoms with van der Waals surface area (Å²) in [6.07, 6.45) is 1.75. The molecule has 17 heavy (non-hydrogen) atoms. The second-order valence-corrected chi connectivity index (χ2v) is 5.05. The van der Waals surface area contributed by atoms with E-state index in [-0.39, 0.29) is 5.78 Å². The van der Waals surface area contributed by atoms with Gasteiger partial charge in [0.1, 0.15) is 0 Å². The summed E-state index contributed by atoms with van der Waals surface area (Å²) in [6, 6.07) is 9.60. The van der Waals surface area contributed by atoms with Crippen LogP contribution in [-0.4, -0.2) is 17.3 Å². The van der Waals surface area contributed by atoms with E-state index >= 15 is 0 Å². The molecule has 2 heterocycles. The molecule has 0 aliphatic carbocycles. The Labute approximate surface area is 105 Å². The lowest BCUT2D eigenvalue weighted by molar-refractivity contribution is 0.0994. The van der Waals surface area contributed by atoms with Gasteiger partial charge in [0.25, 0.3) is 0 Å². The van der Waals surface area contributed by atoms with E-state index in [1.165, 1.54) is 11.3 Å². The Morgan fingerprint density at radius 1 is 1.35 bits per heavy atom. The zero-order chi connectivity index (χ0) is 12.1. The predicted octanol–water partition coefficient (Wildman–Crippen LogP) is 2.42. The molecule has 0 saturated carbocycles. The van der Waals surface area contributed by atoms with Crippen molar-refractivity contribution in [1.29, 1.82) is 0 Å². The van der Waals surface area contributed by atoms with Crippen molar-refractivity contribution in [2.75, 3.05) is 6.54 Å². The third-order valence-electron chi connectivity index (χ3n) is 2.33. The Balaban J connectivity index is 1.81. The number of rotatable bonds is 5. The molecule has 2 aromatic heterocycles. The van der Waals surface area contributed by atoms with Crippen LogP contribution in [0.4, 0.5) is 0 Å². The summed E-state index contributed by atoms with van der Waals surface area (Å²) in [5.41, 5.74) is 0.947. The van der Waals surface area contributed by atoms with Crippen molar-refractivity contribution >= 4 is 17.1 Å². The number of carbonyl (C=O) groups is 1. The third-order valence-corrected chi connectivity index (χ3v) is 3.37. The Morgan fingerprint density at radius 2 is 2.24 bits per heavy atom. The van der Waals surface area contributed by atoms with Crippen LogP contribution in [0.1, 0.15) is 20.2 Å². The van der Waals surface area contributed by atoms with Gasteiger partial charge in [-0.1, -0.05) is 6.07 Å². The largest absolute Gasteiger partial charge is 0.304 e. The van der Waals surface area contributed by atoms with Crippen LogP contribution in [0.25, 0.3) is 0 Å². The van der Waals surface area contributed by atoms with Gasteiger partial charge in [0.15, 0.2) is 5.78 Å². The Morgan fingerprint density at radius 3 is 2.88 bits per heavy atom. The highest BCUT2D eigenvalue weighted by Gasteiger charge is 2.07. The molecule has 88 valence electrons. The molecule has 3 nitrogen and oxygen atoms in total. The highest BCUT2D eigenvalue weighted by molar-refractivity contribution is 7.14. The molecule has 0 fully saturated rings. The van der Waals surface area contributed by atoms with E-state index in [0.717, 1.165) is 15.4 Å². The maximum atomic E-state index is 11.8. The molecular weight excluding hydrogens is 232 g/mol. The van der Waals surface area contributed by atoms with Crippen LogP contribution in [0.15, 0.2) is 36.5 Å². The second kappa shape index (κ2) is 5.70. The molecule has 2 aromatic rings. The molecule has 0 saturated heterocycles. The number of thiophene rings is 1. The molecule has 0 spiro atoms. The summed E-state index contributed by atoms with van der Waals surface area (Å²) in [6.45, 7) is 2.98. The van der Waals surface area contributed by atoms with Gasteiger partial charge in [0.05, 0.1) is 17.1 Å². The highest BCUT2D eigenvalue weighted by atomic mass is 32.1. The first-order valence-corrected chi connectivity index (χ1v) is 6.27. The van der Waals surface area contributed by atoms with Crippen molar-refractivity contribution in [3.63, 3.8) is 0 Å². The maximum Gasteiger partial charge on any atom is 0.186 e. The van der Waals surface area contributed by atoms with E-state index in [4.69, 9.17) is 0 Å². The van der Waals surface area contributed by atoms with Gasteiger partial charge >= 0.3 is 0 Å². The van der Waals surface area contributed by atoms with E-state index < -0.39 is 0 Å². The van der Waals surface area contributed by atoms with Crippen molar-refractivity contribution in [1.82, 2.24) is 10.3 Å². The number of nitrogens with one attached hydrogen (secondary N) is 1. The van der Waals surface area contributed by atoms with Crippen molar-refractivity contribution in [2.45, 2.75) is 13.5 Å². The van der Waals surface area contributed by atoms with E-state index in [0.29, 0.717) is 13.1 Å². The second-order valence-electron chi connectivity index (χ2n) is 3.76. The average Bonchev–Trinajstić information content (AvgIpc) is 2.77. The standard InChI is InChI=1S/C13H14N2OS/c1-10-5-6-13(17-10)12(16)9-14-8-11-4-2-3-7-15-11/h2-7,14H,8-9H2,1H3. The molecular formula is C13H14N2OS. The lowest BCUT2D eigenvalue weighted by Crippen LogP contribution is -2.22. The van der Waals surface area contributed by atoms with Crippen LogP contribution in [0, 0.1) is 6.92 Å². The molecule has 0 amide bonds. The van der Waals surface area contributed by atoms with Gasteiger partial charge in [-0.25, -0.2) is 0 Å². The topological polar surface area (TPSA) is 42.0 Å². The van der Waals surface area contributed by atoms with Crippen LogP contribution >= 0.6 is 11.3 Å². The number of pyridine rings is 1. The Bertz CT molecular complexity index is 493. The smallest absolute Gasteiger partial charge is 0.186 e. The van der Waals surface area contributed by atoms with E-state index in [2.05, 4.69) is 10.3 Å². The van der Waals surface area contributed by atoms with Gasteiger partial charge in [-0.2, -0.15) is 0 Å². The summed E-state index contributed by atoms with van der Waals surface area (Å²) >= 11 is 1.54. The van der Waals surface area contributed by atoms with Crippen molar-refractivity contribution in [3.05, 3.63) is 52.0 Å². The number of Topliss-reactive ketones (excluding diaryl/α,β-unsaturated/α-hetero) is 1. The minimum absolute atomic E-state index is 0.138. The fourth-order valence-corrected chi connectivity index (χ4v) is 2.28. The molecule has 0 atom stereocenters. The molecule has 0 aromatic carbocycles. The molecule has 0 aliphatic rings. The molecule has 0 radical (unpaired) electrons. The van der Waals surface area contributed by atoms with Gasteiger partial charge in [0.2, 0.25) is 0 Å². The Hall–Kier alpha value is -1.52. The first-order valence-electron chi connectivity index (χ1n) is 5.46. The number of aromatic nitrogens is 1. The minimum atomic E-state index is 0.138. The van der Waals surface area contributed by atoms with Crippen LogP contribution in [0.3, 0.4) is 0 Å². The summed E-state index contributed by atoms with van der Waals surface area (Å²) in [5.74, 6) is 0.138. The van der Waals surface area contributed by atoms with Gasteiger partial charge in [-0.15, -0.1) is 11.3 Å². The van der Waals surface area contributed by atoms with Crippen LogP contribution in [-0.2, 0) is 6.54 Å². The highest BCUT2D eigenvalue weighted by Crippen LogP contribution is 2.15. The first-order chi connectivity index (χ1) is 8.25. The minimum Gasteiger partial charge on any atom is -0.304 e. The summed E-state index contributed by atoms with van der Waals surface area (Å²) < 4.78 is 0. The van der Waals surface area contributed by atoms with Crippen LogP contribution < -0.4 is 5.32 Å². The first kappa shape index (κ1) is 12.0. The van der Waals surface area contributed by atoms with E-state index in [1.807, 2.05) is 37.3 Å². The van der Waals surface area contributed by atoms with Crippen molar-refractivity contribution in [2.24, 2.45) is 0 Å². The zero-order valence-corrected chi connectivity index (χ0v) is 10.5. The number of nitrogens with zero attached hydrogens (tertiary/aromatic N) is 1. The van der Waals surface area contributed by atoms with E-state index in [1.54, 1.807) is 6.20 Å².